The molecule has 6 nitrogen and oxygen atoms in total. The predicted molar refractivity (Wildman–Crippen MR) is 75.8 cm³/mol. The minimum absolute atomic E-state index is 0.0272. The summed E-state index contributed by atoms with van der Waals surface area (Å²) in [5.74, 6) is 1.64. The van der Waals surface area contributed by atoms with E-state index in [1.165, 1.54) is 4.68 Å². The molecule has 20 heavy (non-hydrogen) atoms. The van der Waals surface area contributed by atoms with E-state index in [1.54, 1.807) is 16.7 Å². The summed E-state index contributed by atoms with van der Waals surface area (Å²) in [6.07, 6.45) is 3.06. The van der Waals surface area contributed by atoms with Gasteiger partial charge >= 0.3 is 5.69 Å². The number of aryl methyl sites for hydroxylation is 1. The Morgan fingerprint density at radius 1 is 1.25 bits per heavy atom. The maximum atomic E-state index is 12.1. The van der Waals surface area contributed by atoms with Gasteiger partial charge in [-0.25, -0.2) is 9.48 Å². The molecule has 1 aromatic heterocycles. The number of rotatable bonds is 4. The van der Waals surface area contributed by atoms with Gasteiger partial charge in [0.15, 0.2) is 0 Å². The lowest BCUT2D eigenvalue weighted by Gasteiger charge is -2.09. The number of ether oxygens (including phenoxy) is 1. The van der Waals surface area contributed by atoms with Crippen molar-refractivity contribution >= 4 is 5.69 Å². The number of anilines is 1. The van der Waals surface area contributed by atoms with Gasteiger partial charge in [0.1, 0.15) is 18.2 Å². The quantitative estimate of drug-likeness (QED) is 0.845. The minimum atomic E-state index is -0.0272. The highest BCUT2D eigenvalue weighted by molar-refractivity contribution is 5.41. The predicted octanol–water partition coefficient (Wildman–Crippen LogP) is 1.04. The molecule has 0 bridgehead atoms. The SMILES string of the molecule is Nc1ccc(OCCn2nc3n(c2=O)CCCC3)cc1. The van der Waals surface area contributed by atoms with Crippen LogP contribution in [0.3, 0.4) is 0 Å². The van der Waals surface area contributed by atoms with Crippen LogP contribution in [0.25, 0.3) is 0 Å². The number of nitrogens with two attached hydrogens (primary N) is 1. The lowest BCUT2D eigenvalue weighted by Crippen LogP contribution is -2.28. The monoisotopic (exact) mass is 274 g/mol. The van der Waals surface area contributed by atoms with Crippen molar-refractivity contribution in [2.24, 2.45) is 0 Å². The second-order valence-electron chi connectivity index (χ2n) is 4.95. The Kier molecular flexibility index (Phi) is 3.45. The zero-order valence-electron chi connectivity index (χ0n) is 11.3. The zero-order chi connectivity index (χ0) is 13.9. The smallest absolute Gasteiger partial charge is 0.346 e. The van der Waals surface area contributed by atoms with Crippen LogP contribution in [0.4, 0.5) is 5.69 Å². The summed E-state index contributed by atoms with van der Waals surface area (Å²) in [5.41, 5.74) is 6.29. The van der Waals surface area contributed by atoms with Crippen molar-refractivity contribution in [3.8, 4) is 5.75 Å². The summed E-state index contributed by atoms with van der Waals surface area (Å²) < 4.78 is 8.86. The Labute approximate surface area is 116 Å². The normalized spacial score (nSPS) is 14.0. The third-order valence-corrected chi connectivity index (χ3v) is 3.48. The van der Waals surface area contributed by atoms with Gasteiger partial charge < -0.3 is 10.5 Å². The molecular weight excluding hydrogens is 256 g/mol. The Morgan fingerprint density at radius 3 is 2.80 bits per heavy atom. The van der Waals surface area contributed by atoms with E-state index in [0.29, 0.717) is 18.8 Å². The molecular formula is C14H18N4O2. The van der Waals surface area contributed by atoms with Crippen LogP contribution in [0.15, 0.2) is 29.1 Å². The largest absolute Gasteiger partial charge is 0.492 e. The van der Waals surface area contributed by atoms with Gasteiger partial charge in [0.25, 0.3) is 0 Å². The van der Waals surface area contributed by atoms with E-state index in [0.717, 1.165) is 37.4 Å². The first-order valence-electron chi connectivity index (χ1n) is 6.89. The van der Waals surface area contributed by atoms with Crippen LogP contribution in [-0.2, 0) is 19.5 Å². The first-order valence-corrected chi connectivity index (χ1v) is 6.89. The molecule has 0 aliphatic carbocycles. The van der Waals surface area contributed by atoms with Crippen molar-refractivity contribution in [2.45, 2.75) is 32.4 Å². The molecule has 106 valence electrons. The molecule has 2 N–H and O–H groups in total. The van der Waals surface area contributed by atoms with Gasteiger partial charge in [-0.3, -0.25) is 4.57 Å². The molecule has 0 spiro atoms. The van der Waals surface area contributed by atoms with Crippen molar-refractivity contribution in [1.29, 1.82) is 0 Å². The second-order valence-corrected chi connectivity index (χ2v) is 4.95. The molecule has 6 heteroatoms. The fourth-order valence-corrected chi connectivity index (χ4v) is 2.41. The highest BCUT2D eigenvalue weighted by atomic mass is 16.5. The maximum Gasteiger partial charge on any atom is 0.346 e. The summed E-state index contributed by atoms with van der Waals surface area (Å²) in [6, 6.07) is 7.21. The van der Waals surface area contributed by atoms with Gasteiger partial charge in [-0.15, -0.1) is 0 Å². The molecule has 0 fully saturated rings. The topological polar surface area (TPSA) is 75.1 Å². The summed E-state index contributed by atoms with van der Waals surface area (Å²) in [5, 5.41) is 4.36. The summed E-state index contributed by atoms with van der Waals surface area (Å²) in [4.78, 5) is 12.1. The van der Waals surface area contributed by atoms with E-state index in [-0.39, 0.29) is 5.69 Å². The molecule has 0 amide bonds. The molecule has 1 aromatic carbocycles. The number of hydrogen-bond acceptors (Lipinski definition) is 4. The Bertz CT molecular complexity index is 642. The van der Waals surface area contributed by atoms with Gasteiger partial charge in [0.05, 0.1) is 6.54 Å². The van der Waals surface area contributed by atoms with Crippen molar-refractivity contribution in [3.05, 3.63) is 40.6 Å². The van der Waals surface area contributed by atoms with E-state index in [9.17, 15) is 4.79 Å². The summed E-state index contributed by atoms with van der Waals surface area (Å²) >= 11 is 0. The van der Waals surface area contributed by atoms with Crippen LogP contribution in [0.5, 0.6) is 5.75 Å². The van der Waals surface area contributed by atoms with Gasteiger partial charge in [0.2, 0.25) is 0 Å². The molecule has 2 heterocycles. The van der Waals surface area contributed by atoms with Crippen LogP contribution in [0.1, 0.15) is 18.7 Å². The number of aromatic nitrogens is 3. The third kappa shape index (κ3) is 2.54. The molecule has 2 aromatic rings. The Morgan fingerprint density at radius 2 is 2.05 bits per heavy atom. The molecule has 0 unspecified atom stereocenters. The summed E-state index contributed by atoms with van der Waals surface area (Å²) in [7, 11) is 0. The van der Waals surface area contributed by atoms with Crippen molar-refractivity contribution in [1.82, 2.24) is 14.3 Å². The van der Waals surface area contributed by atoms with Crippen LogP contribution < -0.4 is 16.2 Å². The Hall–Kier alpha value is -2.24. The fourth-order valence-electron chi connectivity index (χ4n) is 2.41. The average Bonchev–Trinajstić information content (AvgIpc) is 2.78. The molecule has 0 saturated carbocycles. The average molecular weight is 274 g/mol. The fraction of sp³-hybridized carbons (Fsp3) is 0.429. The maximum absolute atomic E-state index is 12.1. The Balaban J connectivity index is 1.63. The number of benzene rings is 1. The van der Waals surface area contributed by atoms with Crippen molar-refractivity contribution in [2.75, 3.05) is 12.3 Å². The molecule has 0 atom stereocenters. The molecule has 0 radical (unpaired) electrons. The highest BCUT2D eigenvalue weighted by Crippen LogP contribution is 2.13. The van der Waals surface area contributed by atoms with Gasteiger partial charge in [0, 0.05) is 18.7 Å². The third-order valence-electron chi connectivity index (χ3n) is 3.48. The van der Waals surface area contributed by atoms with E-state index < -0.39 is 0 Å². The summed E-state index contributed by atoms with van der Waals surface area (Å²) in [6.45, 7) is 1.66. The van der Waals surface area contributed by atoms with E-state index in [4.69, 9.17) is 10.5 Å². The van der Waals surface area contributed by atoms with Gasteiger partial charge in [-0.05, 0) is 37.1 Å². The van der Waals surface area contributed by atoms with Crippen LogP contribution in [0, 0.1) is 0 Å². The van der Waals surface area contributed by atoms with Gasteiger partial charge in [-0.1, -0.05) is 0 Å². The van der Waals surface area contributed by atoms with Crippen LogP contribution >= 0.6 is 0 Å². The first kappa shape index (κ1) is 12.8. The minimum Gasteiger partial charge on any atom is -0.492 e. The lowest BCUT2D eigenvalue weighted by atomic mass is 10.2. The lowest BCUT2D eigenvalue weighted by molar-refractivity contribution is 0.288. The molecule has 3 rings (SSSR count). The number of fused-ring (bicyclic) bond motifs is 1. The van der Waals surface area contributed by atoms with Crippen LogP contribution in [0.2, 0.25) is 0 Å². The van der Waals surface area contributed by atoms with E-state index in [1.807, 2.05) is 12.1 Å². The number of nitrogens with zero attached hydrogens (tertiary/aromatic N) is 3. The molecule has 0 saturated heterocycles. The van der Waals surface area contributed by atoms with Crippen molar-refractivity contribution < 1.29 is 4.74 Å². The van der Waals surface area contributed by atoms with Crippen molar-refractivity contribution in [3.63, 3.8) is 0 Å². The first-order chi connectivity index (χ1) is 9.74. The number of nitrogen functional groups attached to an aromatic ring is 1. The number of hydrogen-bond donors (Lipinski definition) is 1. The molecule has 1 aliphatic heterocycles. The van der Waals surface area contributed by atoms with Crippen LogP contribution in [-0.4, -0.2) is 21.0 Å². The standard InChI is InChI=1S/C14H18N4O2/c15-11-4-6-12(7-5-11)20-10-9-18-14(19)17-8-2-1-3-13(17)16-18/h4-7H,1-3,8-10,15H2. The van der Waals surface area contributed by atoms with E-state index in [2.05, 4.69) is 5.10 Å². The second kappa shape index (κ2) is 5.40. The van der Waals surface area contributed by atoms with Gasteiger partial charge in [-0.2, -0.15) is 5.10 Å². The van der Waals surface area contributed by atoms with E-state index >= 15 is 0 Å². The highest BCUT2D eigenvalue weighted by Gasteiger charge is 2.16. The molecule has 1 aliphatic rings. The zero-order valence-corrected chi connectivity index (χ0v) is 11.3.